The van der Waals surface area contributed by atoms with Gasteiger partial charge in [-0.3, -0.25) is 9.78 Å². The average Bonchev–Trinajstić information content (AvgIpc) is 2.73. The molecule has 0 N–H and O–H groups in total. The fourth-order valence-corrected chi connectivity index (χ4v) is 3.96. The van der Waals surface area contributed by atoms with E-state index in [9.17, 15) is 4.79 Å². The van der Waals surface area contributed by atoms with Gasteiger partial charge in [-0.15, -0.1) is 0 Å². The Labute approximate surface area is 153 Å². The summed E-state index contributed by atoms with van der Waals surface area (Å²) < 4.78 is 11.1. The summed E-state index contributed by atoms with van der Waals surface area (Å²) in [5, 5.41) is 0. The van der Waals surface area contributed by atoms with Crippen LogP contribution < -0.4 is 9.47 Å². The van der Waals surface area contributed by atoms with E-state index >= 15 is 0 Å². The molecule has 0 spiro atoms. The first-order chi connectivity index (χ1) is 12.7. The Balaban J connectivity index is 1.44. The molecule has 1 aromatic carbocycles. The number of benzene rings is 1. The molecule has 2 atom stereocenters. The van der Waals surface area contributed by atoms with Crippen LogP contribution in [0.5, 0.6) is 11.5 Å². The molecule has 1 fully saturated rings. The van der Waals surface area contributed by atoms with Gasteiger partial charge in [-0.2, -0.15) is 0 Å². The Kier molecular flexibility index (Phi) is 4.78. The lowest BCUT2D eigenvalue weighted by atomic mass is 9.89. The van der Waals surface area contributed by atoms with Gasteiger partial charge < -0.3 is 14.4 Å². The first-order valence-electron chi connectivity index (χ1n) is 9.23. The lowest BCUT2D eigenvalue weighted by Gasteiger charge is -2.36. The number of carbonyl (C=O) groups excluding carboxylic acids is 1. The molecule has 136 valence electrons. The molecular formula is C21H24N2O3. The zero-order valence-corrected chi connectivity index (χ0v) is 15.1. The van der Waals surface area contributed by atoms with Crippen molar-refractivity contribution in [2.75, 3.05) is 26.8 Å². The summed E-state index contributed by atoms with van der Waals surface area (Å²) in [7, 11) is 1.64. The van der Waals surface area contributed by atoms with Gasteiger partial charge in [0.1, 0.15) is 18.1 Å². The van der Waals surface area contributed by atoms with E-state index < -0.39 is 0 Å². The number of hydrogen-bond acceptors (Lipinski definition) is 4. The highest BCUT2D eigenvalue weighted by molar-refractivity contribution is 5.80. The fourth-order valence-electron chi connectivity index (χ4n) is 3.96. The van der Waals surface area contributed by atoms with Crippen molar-refractivity contribution >= 4 is 5.91 Å². The third kappa shape index (κ3) is 3.39. The van der Waals surface area contributed by atoms with E-state index in [0.29, 0.717) is 12.5 Å². The molecule has 5 heteroatoms. The summed E-state index contributed by atoms with van der Waals surface area (Å²) in [6, 6.07) is 9.90. The molecule has 3 heterocycles. The SMILES string of the molecule is COc1ccc2c(c1)OCC(C(=O)N1CCCC(c3cccnc3)C1)C2. The number of piperidine rings is 1. The van der Waals surface area contributed by atoms with Gasteiger partial charge in [-0.05, 0) is 42.5 Å². The standard InChI is InChI=1S/C21H24N2O3/c1-25-19-7-6-15-10-18(14-26-20(15)11-19)21(24)23-9-3-5-17(13-23)16-4-2-8-22-12-16/h2,4,6-8,11-12,17-18H,3,5,9-10,13-14H2,1H3. The molecule has 5 nitrogen and oxygen atoms in total. The molecular weight excluding hydrogens is 328 g/mol. The maximum Gasteiger partial charge on any atom is 0.229 e. The largest absolute Gasteiger partial charge is 0.497 e. The molecule has 4 rings (SSSR count). The smallest absolute Gasteiger partial charge is 0.229 e. The van der Waals surface area contributed by atoms with E-state index in [1.54, 1.807) is 13.3 Å². The number of ether oxygens (including phenoxy) is 2. The van der Waals surface area contributed by atoms with E-state index in [4.69, 9.17) is 9.47 Å². The average molecular weight is 352 g/mol. The number of aromatic nitrogens is 1. The molecule has 2 aliphatic heterocycles. The van der Waals surface area contributed by atoms with E-state index in [-0.39, 0.29) is 11.8 Å². The van der Waals surface area contributed by atoms with Crippen LogP contribution in [0.2, 0.25) is 0 Å². The Morgan fingerprint density at radius 1 is 1.35 bits per heavy atom. The highest BCUT2D eigenvalue weighted by Gasteiger charge is 2.32. The summed E-state index contributed by atoms with van der Waals surface area (Å²) in [5.74, 6) is 2.09. The molecule has 2 aromatic rings. The number of hydrogen-bond donors (Lipinski definition) is 0. The third-order valence-corrected chi connectivity index (χ3v) is 5.42. The highest BCUT2D eigenvalue weighted by atomic mass is 16.5. The number of likely N-dealkylation sites (tertiary alicyclic amines) is 1. The minimum atomic E-state index is -0.108. The van der Waals surface area contributed by atoms with Crippen molar-refractivity contribution in [3.8, 4) is 11.5 Å². The van der Waals surface area contributed by atoms with Crippen LogP contribution in [-0.4, -0.2) is 42.6 Å². The van der Waals surface area contributed by atoms with Gasteiger partial charge in [0, 0.05) is 37.5 Å². The molecule has 26 heavy (non-hydrogen) atoms. The zero-order valence-electron chi connectivity index (χ0n) is 15.1. The van der Waals surface area contributed by atoms with E-state index in [1.807, 2.05) is 35.4 Å². The van der Waals surface area contributed by atoms with Crippen LogP contribution in [0.15, 0.2) is 42.7 Å². The molecule has 2 unspecified atom stereocenters. The second-order valence-electron chi connectivity index (χ2n) is 7.10. The van der Waals surface area contributed by atoms with Crippen molar-refractivity contribution in [1.29, 1.82) is 0 Å². The number of pyridine rings is 1. The number of amides is 1. The van der Waals surface area contributed by atoms with Crippen molar-refractivity contribution in [2.24, 2.45) is 5.92 Å². The molecule has 0 bridgehead atoms. The minimum Gasteiger partial charge on any atom is -0.497 e. The van der Waals surface area contributed by atoms with Crippen LogP contribution in [0.3, 0.4) is 0 Å². The van der Waals surface area contributed by atoms with Crippen LogP contribution in [-0.2, 0) is 11.2 Å². The lowest BCUT2D eigenvalue weighted by molar-refractivity contribution is -0.138. The number of rotatable bonds is 3. The molecule has 0 aliphatic carbocycles. The van der Waals surface area contributed by atoms with Gasteiger partial charge in [0.2, 0.25) is 5.91 Å². The number of fused-ring (bicyclic) bond motifs is 1. The van der Waals surface area contributed by atoms with Gasteiger partial charge in [0.25, 0.3) is 0 Å². The Hall–Kier alpha value is -2.56. The number of methoxy groups -OCH3 is 1. The normalized spacial score (nSPS) is 22.3. The third-order valence-electron chi connectivity index (χ3n) is 5.42. The fraction of sp³-hybridized carbons (Fsp3) is 0.429. The Bertz CT molecular complexity index is 778. The number of carbonyl (C=O) groups is 1. The van der Waals surface area contributed by atoms with Crippen LogP contribution in [0, 0.1) is 5.92 Å². The van der Waals surface area contributed by atoms with Gasteiger partial charge in [-0.25, -0.2) is 0 Å². The maximum absolute atomic E-state index is 13.1. The maximum atomic E-state index is 13.1. The van der Waals surface area contributed by atoms with Crippen molar-refractivity contribution in [3.63, 3.8) is 0 Å². The van der Waals surface area contributed by atoms with Crippen LogP contribution in [0.25, 0.3) is 0 Å². The van der Waals surface area contributed by atoms with E-state index in [0.717, 1.165) is 49.4 Å². The van der Waals surface area contributed by atoms with Crippen molar-refractivity contribution in [3.05, 3.63) is 53.9 Å². The molecule has 1 amide bonds. The van der Waals surface area contributed by atoms with Gasteiger partial charge in [0.05, 0.1) is 13.0 Å². The predicted molar refractivity (Wildman–Crippen MR) is 98.5 cm³/mol. The Morgan fingerprint density at radius 2 is 2.27 bits per heavy atom. The predicted octanol–water partition coefficient (Wildman–Crippen LogP) is 3.05. The molecule has 2 aliphatic rings. The van der Waals surface area contributed by atoms with Crippen molar-refractivity contribution in [1.82, 2.24) is 9.88 Å². The molecule has 1 saturated heterocycles. The zero-order chi connectivity index (χ0) is 17.9. The number of nitrogens with zero attached hydrogens (tertiary/aromatic N) is 2. The summed E-state index contributed by atoms with van der Waals surface area (Å²) in [6.07, 6.45) is 6.59. The topological polar surface area (TPSA) is 51.7 Å². The minimum absolute atomic E-state index is 0.108. The molecule has 1 aromatic heterocycles. The van der Waals surface area contributed by atoms with Crippen LogP contribution >= 0.6 is 0 Å². The first kappa shape index (κ1) is 16.9. The van der Waals surface area contributed by atoms with Crippen LogP contribution in [0.4, 0.5) is 0 Å². The van der Waals surface area contributed by atoms with E-state index in [2.05, 4.69) is 11.1 Å². The van der Waals surface area contributed by atoms with E-state index in [1.165, 1.54) is 5.56 Å². The van der Waals surface area contributed by atoms with Gasteiger partial charge in [-0.1, -0.05) is 12.1 Å². The summed E-state index contributed by atoms with van der Waals surface area (Å²) in [6.45, 7) is 2.05. The lowest BCUT2D eigenvalue weighted by Crippen LogP contribution is -2.45. The quantitative estimate of drug-likeness (QED) is 0.852. The van der Waals surface area contributed by atoms with Crippen LogP contribution in [0.1, 0.15) is 29.9 Å². The Morgan fingerprint density at radius 3 is 3.08 bits per heavy atom. The van der Waals surface area contributed by atoms with Gasteiger partial charge in [0.15, 0.2) is 0 Å². The summed E-state index contributed by atoms with van der Waals surface area (Å²) >= 11 is 0. The highest BCUT2D eigenvalue weighted by Crippen LogP contribution is 2.33. The van der Waals surface area contributed by atoms with Crippen molar-refractivity contribution in [2.45, 2.75) is 25.2 Å². The first-order valence-corrected chi connectivity index (χ1v) is 9.23. The second-order valence-corrected chi connectivity index (χ2v) is 7.10. The van der Waals surface area contributed by atoms with Crippen molar-refractivity contribution < 1.29 is 14.3 Å². The summed E-state index contributed by atoms with van der Waals surface area (Å²) in [5.41, 5.74) is 2.30. The monoisotopic (exact) mass is 352 g/mol. The van der Waals surface area contributed by atoms with Gasteiger partial charge >= 0.3 is 0 Å². The molecule has 0 radical (unpaired) electrons. The summed E-state index contributed by atoms with van der Waals surface area (Å²) in [4.78, 5) is 19.3. The molecule has 0 saturated carbocycles. The second kappa shape index (κ2) is 7.36.